The molecule has 0 radical (unpaired) electrons. The van der Waals surface area contributed by atoms with E-state index in [9.17, 15) is 20.2 Å². The van der Waals surface area contributed by atoms with Crippen molar-refractivity contribution in [1.82, 2.24) is 14.5 Å². The highest BCUT2D eigenvalue weighted by molar-refractivity contribution is 14.1. The van der Waals surface area contributed by atoms with Gasteiger partial charge in [0.25, 0.3) is 11.4 Å². The fourth-order valence-electron chi connectivity index (χ4n) is 7.34. The average Bonchev–Trinajstić information content (AvgIpc) is 3.92. The van der Waals surface area contributed by atoms with Crippen LogP contribution in [0, 0.1) is 23.8 Å². The Kier molecular flexibility index (Phi) is 12.2. The van der Waals surface area contributed by atoms with Crippen molar-refractivity contribution in [3.8, 4) is 39.3 Å². The van der Waals surface area contributed by atoms with Gasteiger partial charge in [-0.25, -0.2) is 9.97 Å². The minimum absolute atomic E-state index is 0.000558. The molecule has 0 amide bonds. The zero-order chi connectivity index (χ0) is 42.1. The number of benzene rings is 6. The third-order valence-electron chi connectivity index (χ3n) is 10.2. The van der Waals surface area contributed by atoms with Gasteiger partial charge in [-0.05, 0) is 111 Å². The van der Waals surface area contributed by atoms with Crippen molar-refractivity contribution in [2.75, 3.05) is 0 Å². The fourth-order valence-corrected chi connectivity index (χ4v) is 7.76. The smallest absolute Gasteiger partial charge is 0.295 e. The van der Waals surface area contributed by atoms with Gasteiger partial charge in [0, 0.05) is 62.1 Å². The molecular formula is C51H36IN5O4. The number of para-hydroxylation sites is 1. The number of pyridine rings is 2. The molecule has 0 atom stereocenters. The van der Waals surface area contributed by atoms with E-state index in [-0.39, 0.29) is 21.2 Å². The van der Waals surface area contributed by atoms with Crippen LogP contribution < -0.4 is 0 Å². The van der Waals surface area contributed by atoms with Crippen LogP contribution in [0.5, 0.6) is 0 Å². The van der Waals surface area contributed by atoms with Gasteiger partial charge < -0.3 is 4.57 Å². The van der Waals surface area contributed by atoms with Crippen molar-refractivity contribution in [2.45, 2.75) is 6.42 Å². The second kappa shape index (κ2) is 18.6. The van der Waals surface area contributed by atoms with E-state index in [0.29, 0.717) is 11.4 Å². The molecule has 296 valence electrons. The first-order valence-corrected chi connectivity index (χ1v) is 20.5. The summed E-state index contributed by atoms with van der Waals surface area (Å²) in [6.45, 7) is 0. The van der Waals surface area contributed by atoms with Crippen molar-refractivity contribution in [2.24, 2.45) is 0 Å². The molecule has 9 nitrogen and oxygen atoms in total. The number of rotatable bonds is 7. The summed E-state index contributed by atoms with van der Waals surface area (Å²) >= 11 is 2.28. The Balaban J connectivity index is 0.000000148. The monoisotopic (exact) mass is 909 g/mol. The van der Waals surface area contributed by atoms with E-state index in [2.05, 4.69) is 97.9 Å². The maximum Gasteiger partial charge on any atom is 0.295 e. The Bertz CT molecular complexity index is 3010. The molecule has 0 saturated carbocycles. The first-order valence-electron chi connectivity index (χ1n) is 19.4. The molecule has 0 unspecified atom stereocenters. The summed E-state index contributed by atoms with van der Waals surface area (Å²) < 4.78 is 3.44. The normalized spacial score (nSPS) is 11.3. The quantitative estimate of drug-likeness (QED) is 0.0893. The molecule has 0 saturated heterocycles. The molecule has 0 fully saturated rings. The molecule has 9 aromatic rings. The van der Waals surface area contributed by atoms with E-state index in [4.69, 9.17) is 0 Å². The Hall–Kier alpha value is -7.57. The first kappa shape index (κ1) is 40.2. The molecule has 0 bridgehead atoms. The van der Waals surface area contributed by atoms with E-state index < -0.39 is 0 Å². The SMILES string of the molecule is Ic1ccccc1.O=[N+]([O-])c1cccnc1-c1ccc2c(c1)C(c1ccccc1)=CC2.O=[N+]([O-])c1cccnc1-c1ccc2c(c1)c(-c1ccccc1)cn2-c1ccccc1. The number of hydrogen-bond donors (Lipinski definition) is 0. The Morgan fingerprint density at radius 1 is 0.525 bits per heavy atom. The van der Waals surface area contributed by atoms with Crippen molar-refractivity contribution >= 4 is 50.4 Å². The van der Waals surface area contributed by atoms with Crippen LogP contribution in [-0.2, 0) is 6.42 Å². The van der Waals surface area contributed by atoms with E-state index in [1.807, 2.05) is 109 Å². The largest absolute Gasteiger partial charge is 0.316 e. The Morgan fingerprint density at radius 3 is 1.61 bits per heavy atom. The van der Waals surface area contributed by atoms with E-state index in [1.165, 1.54) is 26.8 Å². The summed E-state index contributed by atoms with van der Waals surface area (Å²) in [4.78, 5) is 30.5. The number of halogens is 1. The summed E-state index contributed by atoms with van der Waals surface area (Å²) in [6, 6.07) is 58.7. The van der Waals surface area contributed by atoms with Gasteiger partial charge in [-0.2, -0.15) is 0 Å². The number of nitrogens with zero attached hydrogens (tertiary/aromatic N) is 5. The standard InChI is InChI=1S/C25H17N3O2.C20H14N2O2.C6H5I/c29-28(30)24-12-7-15-26-25(24)19-13-14-23-21(16-19)22(18-8-3-1-4-9-18)17-27(23)20-10-5-2-6-11-20;23-22(24)19-7-4-12-21-20(19)16-9-8-15-10-11-17(18(15)13-16)14-5-2-1-3-6-14;7-6-4-2-1-3-5-6/h1-17H;1-9,11-13H,10H2;1-5H. The lowest BCUT2D eigenvalue weighted by Gasteiger charge is -2.09. The summed E-state index contributed by atoms with van der Waals surface area (Å²) in [5.74, 6) is 0. The molecular weight excluding hydrogens is 873 g/mol. The highest BCUT2D eigenvalue weighted by atomic mass is 127. The van der Waals surface area contributed by atoms with Gasteiger partial charge in [0.1, 0.15) is 11.4 Å². The van der Waals surface area contributed by atoms with Gasteiger partial charge in [0.05, 0.1) is 15.4 Å². The van der Waals surface area contributed by atoms with E-state index in [0.717, 1.165) is 56.4 Å². The minimum atomic E-state index is -0.389. The number of nitro groups is 2. The fraction of sp³-hybridized carbons (Fsp3) is 0.0196. The number of allylic oxidation sites excluding steroid dienone is 1. The maximum atomic E-state index is 11.5. The van der Waals surface area contributed by atoms with Gasteiger partial charge in [-0.1, -0.05) is 121 Å². The van der Waals surface area contributed by atoms with Crippen molar-refractivity contribution in [1.29, 1.82) is 0 Å². The van der Waals surface area contributed by atoms with Crippen LogP contribution in [-0.4, -0.2) is 24.4 Å². The molecule has 3 aromatic heterocycles. The Labute approximate surface area is 365 Å². The zero-order valence-electron chi connectivity index (χ0n) is 32.6. The van der Waals surface area contributed by atoms with Crippen LogP contribution in [0.4, 0.5) is 11.4 Å². The highest BCUT2D eigenvalue weighted by Crippen LogP contribution is 2.38. The Morgan fingerprint density at radius 2 is 1.05 bits per heavy atom. The topological polar surface area (TPSA) is 117 Å². The number of fused-ring (bicyclic) bond motifs is 2. The summed E-state index contributed by atoms with van der Waals surface area (Å²) in [5, 5.41) is 23.8. The molecule has 0 spiro atoms. The molecule has 3 heterocycles. The lowest BCUT2D eigenvalue weighted by Crippen LogP contribution is -1.95. The van der Waals surface area contributed by atoms with E-state index in [1.54, 1.807) is 24.5 Å². The van der Waals surface area contributed by atoms with Crippen molar-refractivity contribution < 1.29 is 9.85 Å². The summed E-state index contributed by atoms with van der Waals surface area (Å²) in [7, 11) is 0. The van der Waals surface area contributed by atoms with Gasteiger partial charge in [0.2, 0.25) is 0 Å². The molecule has 1 aliphatic carbocycles. The van der Waals surface area contributed by atoms with Crippen LogP contribution in [0.15, 0.2) is 207 Å². The highest BCUT2D eigenvalue weighted by Gasteiger charge is 2.21. The van der Waals surface area contributed by atoms with E-state index >= 15 is 0 Å². The molecule has 61 heavy (non-hydrogen) atoms. The van der Waals surface area contributed by atoms with Gasteiger partial charge in [-0.15, -0.1) is 0 Å². The van der Waals surface area contributed by atoms with Crippen LogP contribution in [0.3, 0.4) is 0 Å². The minimum Gasteiger partial charge on any atom is -0.316 e. The summed E-state index contributed by atoms with van der Waals surface area (Å²) in [6.07, 6.45) is 8.37. The molecule has 6 aromatic carbocycles. The van der Waals surface area contributed by atoms with Crippen molar-refractivity contribution in [3.63, 3.8) is 0 Å². The molecule has 10 rings (SSSR count). The first-order chi connectivity index (χ1) is 29.9. The number of aromatic nitrogens is 3. The van der Waals surface area contributed by atoms with Gasteiger partial charge >= 0.3 is 0 Å². The van der Waals surface area contributed by atoms with Crippen LogP contribution >= 0.6 is 22.6 Å². The maximum absolute atomic E-state index is 11.5. The molecule has 1 aliphatic rings. The second-order valence-electron chi connectivity index (χ2n) is 14.0. The average molecular weight is 910 g/mol. The number of hydrogen-bond acceptors (Lipinski definition) is 6. The van der Waals surface area contributed by atoms with Gasteiger partial charge in [-0.3, -0.25) is 20.2 Å². The second-order valence-corrected chi connectivity index (χ2v) is 15.2. The predicted molar refractivity (Wildman–Crippen MR) is 251 cm³/mol. The molecule has 0 aliphatic heterocycles. The third kappa shape index (κ3) is 9.04. The zero-order valence-corrected chi connectivity index (χ0v) is 34.7. The lowest BCUT2D eigenvalue weighted by molar-refractivity contribution is -0.384. The van der Waals surface area contributed by atoms with Crippen LogP contribution in [0.25, 0.3) is 55.8 Å². The predicted octanol–water partition coefficient (Wildman–Crippen LogP) is 13.2. The van der Waals surface area contributed by atoms with Gasteiger partial charge in [0.15, 0.2) is 0 Å². The lowest BCUT2D eigenvalue weighted by atomic mass is 9.96. The van der Waals surface area contributed by atoms with Crippen molar-refractivity contribution in [3.05, 3.63) is 247 Å². The van der Waals surface area contributed by atoms with Crippen LogP contribution in [0.1, 0.15) is 16.7 Å². The summed E-state index contributed by atoms with van der Waals surface area (Å²) in [5.41, 5.74) is 11.2. The molecule has 10 heteroatoms. The third-order valence-corrected chi connectivity index (χ3v) is 10.9. The molecule has 0 N–H and O–H groups in total. The van der Waals surface area contributed by atoms with Crippen LogP contribution in [0.2, 0.25) is 0 Å².